The Kier molecular flexibility index (Phi) is 3.94. The molecule has 0 radical (unpaired) electrons. The summed E-state index contributed by atoms with van der Waals surface area (Å²) in [5, 5.41) is 12.4. The lowest BCUT2D eigenvalue weighted by Crippen LogP contribution is -2.20. The Balaban J connectivity index is 2.31. The van der Waals surface area contributed by atoms with Gasteiger partial charge in [-0.05, 0) is 29.5 Å². The summed E-state index contributed by atoms with van der Waals surface area (Å²) in [5.41, 5.74) is 8.14. The van der Waals surface area contributed by atoms with Gasteiger partial charge < -0.3 is 10.8 Å². The Morgan fingerprint density at radius 2 is 2.00 bits per heavy atom. The van der Waals surface area contributed by atoms with Crippen LogP contribution >= 0.6 is 11.3 Å². The fourth-order valence-corrected chi connectivity index (χ4v) is 2.86. The SMILES string of the molecule is Cc1ccccc1C(CN)C(O)c1cccs1. The van der Waals surface area contributed by atoms with Crippen molar-refractivity contribution in [2.75, 3.05) is 6.54 Å². The fraction of sp³-hybridized carbons (Fsp3) is 0.286. The minimum Gasteiger partial charge on any atom is -0.387 e. The van der Waals surface area contributed by atoms with Crippen LogP contribution in [0.5, 0.6) is 0 Å². The van der Waals surface area contributed by atoms with Gasteiger partial charge in [-0.15, -0.1) is 11.3 Å². The van der Waals surface area contributed by atoms with Gasteiger partial charge in [-0.2, -0.15) is 0 Å². The second kappa shape index (κ2) is 5.45. The van der Waals surface area contributed by atoms with Gasteiger partial charge in [0.15, 0.2) is 0 Å². The van der Waals surface area contributed by atoms with Gasteiger partial charge in [-0.3, -0.25) is 0 Å². The van der Waals surface area contributed by atoms with E-state index in [2.05, 4.69) is 13.0 Å². The third kappa shape index (κ3) is 2.57. The van der Waals surface area contributed by atoms with Crippen LogP contribution < -0.4 is 5.73 Å². The Morgan fingerprint density at radius 1 is 1.24 bits per heavy atom. The van der Waals surface area contributed by atoms with E-state index in [0.29, 0.717) is 6.54 Å². The third-order valence-corrected chi connectivity index (χ3v) is 4.00. The molecule has 0 amide bonds. The highest BCUT2D eigenvalue weighted by atomic mass is 32.1. The highest BCUT2D eigenvalue weighted by Crippen LogP contribution is 2.33. The maximum Gasteiger partial charge on any atom is 0.0962 e. The minimum atomic E-state index is -0.513. The zero-order valence-corrected chi connectivity index (χ0v) is 10.7. The lowest BCUT2D eigenvalue weighted by atomic mass is 9.89. The summed E-state index contributed by atoms with van der Waals surface area (Å²) < 4.78 is 0. The molecule has 0 aliphatic heterocycles. The van der Waals surface area contributed by atoms with Crippen LogP contribution in [0, 0.1) is 6.92 Å². The Morgan fingerprint density at radius 3 is 2.59 bits per heavy atom. The van der Waals surface area contributed by atoms with Gasteiger partial charge in [0.2, 0.25) is 0 Å². The molecule has 17 heavy (non-hydrogen) atoms. The second-order valence-electron chi connectivity index (χ2n) is 4.16. The summed E-state index contributed by atoms with van der Waals surface area (Å²) in [6.07, 6.45) is -0.513. The maximum atomic E-state index is 10.4. The molecule has 0 aliphatic rings. The second-order valence-corrected chi connectivity index (χ2v) is 5.14. The van der Waals surface area contributed by atoms with Gasteiger partial charge in [-0.25, -0.2) is 0 Å². The number of aliphatic hydroxyl groups excluding tert-OH is 1. The smallest absolute Gasteiger partial charge is 0.0962 e. The molecule has 3 N–H and O–H groups in total. The molecule has 2 aromatic rings. The number of nitrogens with two attached hydrogens (primary N) is 1. The molecule has 0 aliphatic carbocycles. The first-order chi connectivity index (χ1) is 8.24. The van der Waals surface area contributed by atoms with Gasteiger partial charge >= 0.3 is 0 Å². The molecule has 2 rings (SSSR count). The van der Waals surface area contributed by atoms with Crippen molar-refractivity contribution in [3.05, 3.63) is 57.8 Å². The summed E-state index contributed by atoms with van der Waals surface area (Å²) in [7, 11) is 0. The highest BCUT2D eigenvalue weighted by Gasteiger charge is 2.23. The number of thiophene rings is 1. The quantitative estimate of drug-likeness (QED) is 0.872. The number of aryl methyl sites for hydroxylation is 1. The standard InChI is InChI=1S/C14H17NOS/c1-10-5-2-3-6-11(10)12(9-15)14(16)13-7-4-8-17-13/h2-8,12,14,16H,9,15H2,1H3. The minimum absolute atomic E-state index is 0.0325. The molecule has 90 valence electrons. The number of rotatable bonds is 4. The largest absolute Gasteiger partial charge is 0.387 e. The van der Waals surface area contributed by atoms with E-state index in [-0.39, 0.29) is 5.92 Å². The van der Waals surface area contributed by atoms with E-state index in [9.17, 15) is 5.11 Å². The van der Waals surface area contributed by atoms with Crippen molar-refractivity contribution in [2.45, 2.75) is 18.9 Å². The van der Waals surface area contributed by atoms with Crippen molar-refractivity contribution in [3.8, 4) is 0 Å². The average molecular weight is 247 g/mol. The first-order valence-electron chi connectivity index (χ1n) is 5.71. The average Bonchev–Trinajstić information content (AvgIpc) is 2.86. The summed E-state index contributed by atoms with van der Waals surface area (Å²) >= 11 is 1.57. The van der Waals surface area contributed by atoms with Gasteiger partial charge in [0, 0.05) is 17.3 Å². The van der Waals surface area contributed by atoms with Crippen LogP contribution in [0.2, 0.25) is 0 Å². The fourth-order valence-electron chi connectivity index (χ4n) is 2.09. The molecule has 2 atom stereocenters. The van der Waals surface area contributed by atoms with E-state index in [1.54, 1.807) is 11.3 Å². The Labute approximate surface area is 106 Å². The summed E-state index contributed by atoms with van der Waals surface area (Å²) in [6.45, 7) is 2.50. The predicted octanol–water partition coefficient (Wildman–Crippen LogP) is 2.83. The molecule has 0 spiro atoms. The molecule has 2 nitrogen and oxygen atoms in total. The lowest BCUT2D eigenvalue weighted by Gasteiger charge is -2.22. The van der Waals surface area contributed by atoms with E-state index >= 15 is 0 Å². The van der Waals surface area contributed by atoms with Crippen molar-refractivity contribution in [1.29, 1.82) is 0 Å². The molecule has 1 heterocycles. The van der Waals surface area contributed by atoms with Gasteiger partial charge in [0.1, 0.15) is 0 Å². The number of benzene rings is 1. The Hall–Kier alpha value is -1.16. The zero-order valence-electron chi connectivity index (χ0n) is 9.84. The molecule has 3 heteroatoms. The first-order valence-corrected chi connectivity index (χ1v) is 6.59. The summed E-state index contributed by atoms with van der Waals surface area (Å²) in [4.78, 5) is 0.976. The number of hydrogen-bond acceptors (Lipinski definition) is 3. The van der Waals surface area contributed by atoms with Crippen molar-refractivity contribution >= 4 is 11.3 Å². The lowest BCUT2D eigenvalue weighted by molar-refractivity contribution is 0.151. The molecular weight excluding hydrogens is 230 g/mol. The van der Waals surface area contributed by atoms with Gasteiger partial charge in [0.25, 0.3) is 0 Å². The molecule has 0 saturated heterocycles. The van der Waals surface area contributed by atoms with Crippen LogP contribution in [0.25, 0.3) is 0 Å². The van der Waals surface area contributed by atoms with E-state index in [1.807, 2.05) is 35.7 Å². The van der Waals surface area contributed by atoms with Crippen molar-refractivity contribution in [2.24, 2.45) is 5.73 Å². The van der Waals surface area contributed by atoms with Crippen LogP contribution in [0.4, 0.5) is 0 Å². The number of hydrogen-bond donors (Lipinski definition) is 2. The molecular formula is C14H17NOS. The Bertz CT molecular complexity index is 467. The van der Waals surface area contributed by atoms with E-state index in [1.165, 1.54) is 5.56 Å². The zero-order chi connectivity index (χ0) is 12.3. The van der Waals surface area contributed by atoms with Crippen molar-refractivity contribution in [3.63, 3.8) is 0 Å². The van der Waals surface area contributed by atoms with E-state index in [0.717, 1.165) is 10.4 Å². The maximum absolute atomic E-state index is 10.4. The van der Waals surface area contributed by atoms with Crippen LogP contribution in [0.15, 0.2) is 41.8 Å². The van der Waals surface area contributed by atoms with Crippen LogP contribution in [0.1, 0.15) is 28.0 Å². The van der Waals surface area contributed by atoms with Crippen molar-refractivity contribution in [1.82, 2.24) is 0 Å². The van der Waals surface area contributed by atoms with E-state index < -0.39 is 6.10 Å². The van der Waals surface area contributed by atoms with Crippen molar-refractivity contribution < 1.29 is 5.11 Å². The molecule has 1 aromatic heterocycles. The highest BCUT2D eigenvalue weighted by molar-refractivity contribution is 7.10. The van der Waals surface area contributed by atoms with Crippen LogP contribution in [0.3, 0.4) is 0 Å². The topological polar surface area (TPSA) is 46.2 Å². The van der Waals surface area contributed by atoms with Crippen LogP contribution in [-0.2, 0) is 0 Å². The summed E-state index contributed by atoms with van der Waals surface area (Å²) in [6, 6.07) is 12.0. The van der Waals surface area contributed by atoms with Gasteiger partial charge in [-0.1, -0.05) is 30.3 Å². The summed E-state index contributed by atoms with van der Waals surface area (Å²) in [5.74, 6) is -0.0325. The number of aliphatic hydroxyl groups is 1. The molecule has 2 unspecified atom stereocenters. The first kappa shape index (κ1) is 12.3. The third-order valence-electron chi connectivity index (χ3n) is 3.06. The van der Waals surface area contributed by atoms with Gasteiger partial charge in [0.05, 0.1) is 6.10 Å². The monoisotopic (exact) mass is 247 g/mol. The molecule has 0 fully saturated rings. The van der Waals surface area contributed by atoms with Crippen LogP contribution in [-0.4, -0.2) is 11.7 Å². The molecule has 0 bridgehead atoms. The molecule has 1 aromatic carbocycles. The molecule has 0 saturated carbocycles. The predicted molar refractivity (Wildman–Crippen MR) is 72.3 cm³/mol. The van der Waals surface area contributed by atoms with E-state index in [4.69, 9.17) is 5.73 Å². The normalized spacial score (nSPS) is 14.5.